The maximum atomic E-state index is 4.59. The molecule has 0 aliphatic heterocycles. The van der Waals surface area contributed by atoms with E-state index in [1.54, 1.807) is 4.80 Å². The molecule has 2 aromatic rings. The van der Waals surface area contributed by atoms with E-state index in [9.17, 15) is 0 Å². The average molecular weight is 309 g/mol. The Morgan fingerprint density at radius 1 is 1.10 bits per heavy atom. The molecule has 5 heteroatoms. The second-order valence-corrected chi connectivity index (χ2v) is 5.64. The fourth-order valence-corrected chi connectivity index (χ4v) is 1.91. The maximum absolute atomic E-state index is 4.59. The van der Waals surface area contributed by atoms with Crippen LogP contribution < -0.4 is 5.32 Å². The van der Waals surface area contributed by atoms with E-state index in [1.807, 2.05) is 18.2 Å². The topological polar surface area (TPSA) is 42.7 Å². The summed E-state index contributed by atoms with van der Waals surface area (Å²) in [6.07, 6.45) is 1.08. The lowest BCUT2D eigenvalue weighted by Gasteiger charge is -2.24. The molecule has 0 saturated heterocycles. The van der Waals surface area contributed by atoms with Gasteiger partial charge in [0.1, 0.15) is 11.4 Å². The number of aromatic nitrogens is 3. The van der Waals surface area contributed by atoms with Crippen molar-refractivity contribution in [3.8, 4) is 11.3 Å². The van der Waals surface area contributed by atoms with E-state index in [1.165, 1.54) is 0 Å². The second kappa shape index (κ2) is 7.57. The summed E-state index contributed by atoms with van der Waals surface area (Å²) >= 11 is 0. The highest BCUT2D eigenvalue weighted by Gasteiger charge is 2.17. The lowest BCUT2D eigenvalue weighted by Crippen LogP contribution is -2.38. The maximum Gasteiger partial charge on any atom is 0.117 e. The molecule has 0 aliphatic carbocycles. The molecule has 0 radical (unpaired) electrons. The molecule has 21 heavy (non-hydrogen) atoms. The van der Waals surface area contributed by atoms with Gasteiger partial charge in [0.05, 0.1) is 6.54 Å². The van der Waals surface area contributed by atoms with E-state index in [-0.39, 0.29) is 17.9 Å². The zero-order valence-corrected chi connectivity index (χ0v) is 14.1. The zero-order valence-electron chi connectivity index (χ0n) is 13.3. The molecular formula is C16H25ClN4. The third-order valence-electron chi connectivity index (χ3n) is 3.67. The van der Waals surface area contributed by atoms with E-state index in [2.05, 4.69) is 55.3 Å². The first-order valence-electron chi connectivity index (χ1n) is 7.30. The van der Waals surface area contributed by atoms with Crippen molar-refractivity contribution >= 4 is 12.4 Å². The van der Waals surface area contributed by atoms with Gasteiger partial charge in [-0.1, -0.05) is 37.3 Å². The molecule has 0 amide bonds. The summed E-state index contributed by atoms with van der Waals surface area (Å²) in [6.45, 7) is 10.2. The van der Waals surface area contributed by atoms with Crippen LogP contribution in [-0.2, 0) is 13.1 Å². The molecule has 0 unspecified atom stereocenters. The molecule has 1 aromatic heterocycles. The molecule has 0 fully saturated rings. The van der Waals surface area contributed by atoms with E-state index >= 15 is 0 Å². The lowest BCUT2D eigenvalue weighted by atomic mass is 10.0. The van der Waals surface area contributed by atoms with Gasteiger partial charge in [0.2, 0.25) is 0 Å². The van der Waals surface area contributed by atoms with Gasteiger partial charge in [-0.15, -0.1) is 12.4 Å². The second-order valence-electron chi connectivity index (χ2n) is 5.64. The van der Waals surface area contributed by atoms with Crippen LogP contribution in [0.25, 0.3) is 11.3 Å². The van der Waals surface area contributed by atoms with Crippen molar-refractivity contribution in [3.05, 3.63) is 36.0 Å². The van der Waals surface area contributed by atoms with Gasteiger partial charge in [0.15, 0.2) is 0 Å². The van der Waals surface area contributed by atoms with Crippen LogP contribution in [0.2, 0.25) is 0 Å². The number of hydrogen-bond acceptors (Lipinski definition) is 3. The third kappa shape index (κ3) is 4.55. The highest BCUT2D eigenvalue weighted by Crippen LogP contribution is 2.20. The molecule has 4 nitrogen and oxygen atoms in total. The highest BCUT2D eigenvalue weighted by molar-refractivity contribution is 5.85. The van der Waals surface area contributed by atoms with Crippen molar-refractivity contribution in [2.45, 2.75) is 52.7 Å². The quantitative estimate of drug-likeness (QED) is 0.885. The SMILES string of the molecule is CCn1nc(CNC(C)(C)CC)c(-c2ccccc2)n1.Cl. The van der Waals surface area contributed by atoms with Crippen LogP contribution in [0, 0.1) is 0 Å². The summed E-state index contributed by atoms with van der Waals surface area (Å²) in [4.78, 5) is 1.76. The van der Waals surface area contributed by atoms with Crippen LogP contribution in [0.15, 0.2) is 30.3 Å². The Kier molecular flexibility index (Phi) is 6.37. The highest BCUT2D eigenvalue weighted by atomic mass is 35.5. The Balaban J connectivity index is 0.00000220. The largest absolute Gasteiger partial charge is 0.306 e. The van der Waals surface area contributed by atoms with E-state index in [0.29, 0.717) is 0 Å². The van der Waals surface area contributed by atoms with Crippen LogP contribution in [0.4, 0.5) is 0 Å². The summed E-state index contributed by atoms with van der Waals surface area (Å²) in [5.74, 6) is 0. The number of nitrogens with one attached hydrogen (secondary N) is 1. The Morgan fingerprint density at radius 2 is 1.76 bits per heavy atom. The predicted molar refractivity (Wildman–Crippen MR) is 89.6 cm³/mol. The number of aryl methyl sites for hydroxylation is 1. The van der Waals surface area contributed by atoms with Gasteiger partial charge < -0.3 is 5.32 Å². The smallest absolute Gasteiger partial charge is 0.117 e. The molecule has 0 saturated carbocycles. The molecule has 1 heterocycles. The fraction of sp³-hybridized carbons (Fsp3) is 0.500. The fourth-order valence-electron chi connectivity index (χ4n) is 1.91. The molecule has 0 spiro atoms. The number of nitrogens with zero attached hydrogens (tertiary/aromatic N) is 3. The molecule has 1 aromatic carbocycles. The first kappa shape index (κ1) is 17.7. The van der Waals surface area contributed by atoms with Crippen LogP contribution >= 0.6 is 12.4 Å². The summed E-state index contributed by atoms with van der Waals surface area (Å²) in [5, 5.41) is 12.7. The summed E-state index contributed by atoms with van der Waals surface area (Å²) in [5.41, 5.74) is 3.23. The van der Waals surface area contributed by atoms with Crippen molar-refractivity contribution in [2.24, 2.45) is 0 Å². The minimum absolute atomic E-state index is 0. The van der Waals surface area contributed by atoms with Gasteiger partial charge in [0.25, 0.3) is 0 Å². The van der Waals surface area contributed by atoms with Crippen LogP contribution in [0.3, 0.4) is 0 Å². The van der Waals surface area contributed by atoms with Crippen molar-refractivity contribution in [1.82, 2.24) is 20.3 Å². The van der Waals surface area contributed by atoms with E-state index in [4.69, 9.17) is 0 Å². The Bertz CT molecular complexity index is 549. The Morgan fingerprint density at radius 3 is 2.33 bits per heavy atom. The van der Waals surface area contributed by atoms with Crippen molar-refractivity contribution in [2.75, 3.05) is 0 Å². The Hall–Kier alpha value is -1.39. The molecule has 116 valence electrons. The first-order chi connectivity index (χ1) is 9.55. The van der Waals surface area contributed by atoms with E-state index in [0.717, 1.165) is 36.5 Å². The minimum atomic E-state index is 0. The normalized spacial score (nSPS) is 11.2. The van der Waals surface area contributed by atoms with Gasteiger partial charge >= 0.3 is 0 Å². The van der Waals surface area contributed by atoms with Crippen molar-refractivity contribution in [1.29, 1.82) is 0 Å². The zero-order chi connectivity index (χ0) is 14.6. The van der Waals surface area contributed by atoms with Gasteiger partial charge in [-0.3, -0.25) is 0 Å². The summed E-state index contributed by atoms with van der Waals surface area (Å²) in [7, 11) is 0. The van der Waals surface area contributed by atoms with Crippen LogP contribution in [0.5, 0.6) is 0 Å². The van der Waals surface area contributed by atoms with Crippen molar-refractivity contribution in [3.63, 3.8) is 0 Å². The number of rotatable bonds is 6. The summed E-state index contributed by atoms with van der Waals surface area (Å²) < 4.78 is 0. The van der Waals surface area contributed by atoms with Gasteiger partial charge in [0, 0.05) is 17.6 Å². The predicted octanol–water partition coefficient (Wildman–Crippen LogP) is 3.67. The van der Waals surface area contributed by atoms with E-state index < -0.39 is 0 Å². The number of halogens is 1. The van der Waals surface area contributed by atoms with Crippen molar-refractivity contribution < 1.29 is 0 Å². The first-order valence-corrected chi connectivity index (χ1v) is 7.30. The molecule has 0 atom stereocenters. The average Bonchev–Trinajstić information content (AvgIpc) is 2.90. The molecule has 1 N–H and O–H groups in total. The van der Waals surface area contributed by atoms with Gasteiger partial charge in [-0.2, -0.15) is 15.0 Å². The van der Waals surface area contributed by atoms with Gasteiger partial charge in [-0.25, -0.2) is 0 Å². The Labute approximate surface area is 133 Å². The third-order valence-corrected chi connectivity index (χ3v) is 3.67. The minimum Gasteiger partial charge on any atom is -0.306 e. The monoisotopic (exact) mass is 308 g/mol. The summed E-state index contributed by atoms with van der Waals surface area (Å²) in [6, 6.07) is 10.3. The van der Waals surface area contributed by atoms with Crippen LogP contribution in [0.1, 0.15) is 39.8 Å². The molecule has 0 aliphatic rings. The molecule has 0 bridgehead atoms. The van der Waals surface area contributed by atoms with Crippen LogP contribution in [-0.4, -0.2) is 20.5 Å². The standard InChI is InChI=1S/C16H24N4.ClH/c1-5-16(3,4)17-12-14-15(19-20(6-2)18-14)13-10-8-7-9-11-13;/h7-11,17H,5-6,12H2,1-4H3;1H. The molecular weight excluding hydrogens is 284 g/mol. The number of benzene rings is 1. The van der Waals surface area contributed by atoms with Gasteiger partial charge in [-0.05, 0) is 27.2 Å². The lowest BCUT2D eigenvalue weighted by molar-refractivity contribution is 0.371. The molecule has 2 rings (SSSR count). The number of hydrogen-bond donors (Lipinski definition) is 1.